The molecule has 0 aromatic heterocycles. The third-order valence-corrected chi connectivity index (χ3v) is 2.99. The minimum atomic E-state index is 0.195. The molecule has 4 heteroatoms. The van der Waals surface area contributed by atoms with Crippen LogP contribution in [0.4, 0.5) is 0 Å². The minimum Gasteiger partial charge on any atom is -0.380 e. The van der Waals surface area contributed by atoms with Gasteiger partial charge >= 0.3 is 0 Å². The minimum absolute atomic E-state index is 0.195. The first-order valence-electron chi connectivity index (χ1n) is 5.88. The van der Waals surface area contributed by atoms with Crippen LogP contribution in [0.3, 0.4) is 0 Å². The Hall–Kier alpha value is -0.160. The summed E-state index contributed by atoms with van der Waals surface area (Å²) in [5, 5.41) is 3.49. The zero-order chi connectivity index (χ0) is 11.1. The highest BCUT2D eigenvalue weighted by Crippen LogP contribution is 2.22. The maximum atomic E-state index is 5.54. The van der Waals surface area contributed by atoms with Crippen molar-refractivity contribution in [1.29, 1.82) is 0 Å². The van der Waals surface area contributed by atoms with E-state index >= 15 is 0 Å². The predicted molar refractivity (Wildman–Crippen MR) is 60.9 cm³/mol. The van der Waals surface area contributed by atoms with Crippen molar-refractivity contribution in [3.05, 3.63) is 0 Å². The fraction of sp³-hybridized carbons (Fsp3) is 1.00. The van der Waals surface area contributed by atoms with E-state index in [2.05, 4.69) is 5.32 Å². The van der Waals surface area contributed by atoms with Crippen LogP contribution in [0.2, 0.25) is 0 Å². The maximum absolute atomic E-state index is 5.54. The van der Waals surface area contributed by atoms with Gasteiger partial charge in [0.05, 0.1) is 12.2 Å². The van der Waals surface area contributed by atoms with Crippen molar-refractivity contribution in [1.82, 2.24) is 5.32 Å². The van der Waals surface area contributed by atoms with Crippen LogP contribution in [0.5, 0.6) is 0 Å². The first kappa shape index (κ1) is 12.9. The molecule has 4 nitrogen and oxygen atoms in total. The molecule has 1 fully saturated rings. The fourth-order valence-corrected chi connectivity index (χ4v) is 1.88. The zero-order valence-corrected chi connectivity index (χ0v) is 9.87. The molecule has 1 rings (SSSR count). The van der Waals surface area contributed by atoms with Gasteiger partial charge in [-0.1, -0.05) is 0 Å². The van der Waals surface area contributed by atoms with E-state index in [-0.39, 0.29) is 6.10 Å². The Morgan fingerprint density at radius 1 is 1.47 bits per heavy atom. The summed E-state index contributed by atoms with van der Waals surface area (Å²) >= 11 is 0. The Kier molecular flexibility index (Phi) is 6.17. The predicted octanol–water partition coefficient (Wildman–Crippen LogP) is 0.507. The topological polar surface area (TPSA) is 56.5 Å². The number of hydrogen-bond acceptors (Lipinski definition) is 4. The van der Waals surface area contributed by atoms with Gasteiger partial charge in [-0.15, -0.1) is 0 Å². The van der Waals surface area contributed by atoms with Gasteiger partial charge in [-0.05, 0) is 32.7 Å². The summed E-state index contributed by atoms with van der Waals surface area (Å²) in [5.41, 5.74) is 5.54. The van der Waals surface area contributed by atoms with Crippen LogP contribution in [0, 0.1) is 0 Å². The van der Waals surface area contributed by atoms with Crippen LogP contribution in [-0.2, 0) is 9.47 Å². The average Bonchev–Trinajstić information content (AvgIpc) is 2.20. The van der Waals surface area contributed by atoms with Crippen LogP contribution in [0.15, 0.2) is 0 Å². The molecule has 1 unspecified atom stereocenters. The van der Waals surface area contributed by atoms with Crippen molar-refractivity contribution in [3.8, 4) is 0 Å². The van der Waals surface area contributed by atoms with Crippen molar-refractivity contribution in [3.63, 3.8) is 0 Å². The van der Waals surface area contributed by atoms with E-state index in [1.165, 1.54) is 0 Å². The number of hydrogen-bond donors (Lipinski definition) is 2. The summed E-state index contributed by atoms with van der Waals surface area (Å²) in [6, 6.07) is 0.636. The molecule has 0 aromatic carbocycles. The van der Waals surface area contributed by atoms with Crippen molar-refractivity contribution in [2.75, 3.05) is 26.8 Å². The van der Waals surface area contributed by atoms with Crippen LogP contribution >= 0.6 is 0 Å². The van der Waals surface area contributed by atoms with Crippen LogP contribution in [0.25, 0.3) is 0 Å². The van der Waals surface area contributed by atoms with Gasteiger partial charge in [0.25, 0.3) is 0 Å². The van der Waals surface area contributed by atoms with E-state index in [0.29, 0.717) is 18.7 Å². The average molecular weight is 216 g/mol. The van der Waals surface area contributed by atoms with E-state index < -0.39 is 0 Å². The number of methoxy groups -OCH3 is 1. The molecule has 1 saturated carbocycles. The molecule has 0 heterocycles. The molecule has 15 heavy (non-hydrogen) atoms. The summed E-state index contributed by atoms with van der Waals surface area (Å²) in [6.07, 6.45) is 3.96. The van der Waals surface area contributed by atoms with Crippen molar-refractivity contribution >= 4 is 0 Å². The molecule has 0 amide bonds. The molecule has 0 aromatic rings. The highest BCUT2D eigenvalue weighted by atomic mass is 16.5. The van der Waals surface area contributed by atoms with Gasteiger partial charge in [0.2, 0.25) is 0 Å². The molecule has 0 aliphatic heterocycles. The van der Waals surface area contributed by atoms with E-state index in [1.54, 1.807) is 7.11 Å². The lowest BCUT2D eigenvalue weighted by atomic mass is 9.89. The van der Waals surface area contributed by atoms with E-state index in [9.17, 15) is 0 Å². The lowest BCUT2D eigenvalue weighted by molar-refractivity contribution is -0.0106. The standard InChI is InChI=1S/C11H24N2O2/c1-3-15-11-6-9(7-11)13-5-4-10(8-12)14-2/h9-11,13H,3-8,12H2,1-2H3. The SMILES string of the molecule is CCOC1CC(NCCC(CN)OC)C1. The van der Waals surface area contributed by atoms with Crippen LogP contribution in [-0.4, -0.2) is 45.1 Å². The Bertz CT molecular complexity index is 157. The van der Waals surface area contributed by atoms with Crippen molar-refractivity contribution in [2.45, 2.75) is 44.4 Å². The first-order chi connectivity index (χ1) is 7.30. The van der Waals surface area contributed by atoms with Gasteiger partial charge in [0.15, 0.2) is 0 Å². The van der Waals surface area contributed by atoms with Gasteiger partial charge in [-0.3, -0.25) is 0 Å². The largest absolute Gasteiger partial charge is 0.380 e. The summed E-state index contributed by atoms with van der Waals surface area (Å²) in [5.74, 6) is 0. The fourth-order valence-electron chi connectivity index (χ4n) is 1.88. The Labute approximate surface area is 92.5 Å². The Morgan fingerprint density at radius 3 is 2.73 bits per heavy atom. The third-order valence-electron chi connectivity index (χ3n) is 2.99. The molecule has 0 saturated heterocycles. The Morgan fingerprint density at radius 2 is 2.20 bits per heavy atom. The highest BCUT2D eigenvalue weighted by Gasteiger charge is 2.28. The summed E-state index contributed by atoms with van der Waals surface area (Å²) in [6.45, 7) is 4.46. The normalized spacial score (nSPS) is 27.4. The molecular weight excluding hydrogens is 192 g/mol. The summed E-state index contributed by atoms with van der Waals surface area (Å²) in [4.78, 5) is 0. The van der Waals surface area contributed by atoms with Gasteiger partial charge in [-0.25, -0.2) is 0 Å². The van der Waals surface area contributed by atoms with Crippen LogP contribution in [0.1, 0.15) is 26.2 Å². The number of rotatable bonds is 8. The number of ether oxygens (including phenoxy) is 2. The smallest absolute Gasteiger partial charge is 0.0705 e. The molecule has 0 spiro atoms. The molecule has 1 atom stereocenters. The number of nitrogens with two attached hydrogens (primary N) is 1. The maximum Gasteiger partial charge on any atom is 0.0705 e. The highest BCUT2D eigenvalue weighted by molar-refractivity contribution is 4.86. The number of nitrogens with one attached hydrogen (secondary N) is 1. The molecule has 0 bridgehead atoms. The monoisotopic (exact) mass is 216 g/mol. The molecule has 0 radical (unpaired) electrons. The van der Waals surface area contributed by atoms with Crippen molar-refractivity contribution < 1.29 is 9.47 Å². The van der Waals surface area contributed by atoms with Crippen LogP contribution < -0.4 is 11.1 Å². The molecule has 1 aliphatic carbocycles. The van der Waals surface area contributed by atoms with E-state index in [0.717, 1.165) is 32.4 Å². The summed E-state index contributed by atoms with van der Waals surface area (Å²) in [7, 11) is 1.71. The molecular formula is C11H24N2O2. The first-order valence-corrected chi connectivity index (χ1v) is 5.88. The third kappa shape index (κ3) is 4.47. The molecule has 3 N–H and O–H groups in total. The van der Waals surface area contributed by atoms with Gasteiger partial charge < -0.3 is 20.5 Å². The second-order valence-corrected chi connectivity index (χ2v) is 4.08. The quantitative estimate of drug-likeness (QED) is 0.620. The lowest BCUT2D eigenvalue weighted by Crippen LogP contribution is -2.46. The van der Waals surface area contributed by atoms with Crippen molar-refractivity contribution in [2.24, 2.45) is 5.73 Å². The molecule has 1 aliphatic rings. The van der Waals surface area contributed by atoms with E-state index in [4.69, 9.17) is 15.2 Å². The summed E-state index contributed by atoms with van der Waals surface area (Å²) < 4.78 is 10.7. The van der Waals surface area contributed by atoms with Gasteiger partial charge in [-0.2, -0.15) is 0 Å². The second-order valence-electron chi connectivity index (χ2n) is 4.08. The Balaban J connectivity index is 1.94. The lowest BCUT2D eigenvalue weighted by Gasteiger charge is -2.35. The van der Waals surface area contributed by atoms with E-state index in [1.807, 2.05) is 6.92 Å². The van der Waals surface area contributed by atoms with Gasteiger partial charge in [0.1, 0.15) is 0 Å². The zero-order valence-electron chi connectivity index (χ0n) is 9.87. The second kappa shape index (κ2) is 7.17. The van der Waals surface area contributed by atoms with Gasteiger partial charge in [0, 0.05) is 26.3 Å². The molecule has 90 valence electrons.